The number of hydrogen-bond donors (Lipinski definition) is 0. The Morgan fingerprint density at radius 2 is 1.31 bits per heavy atom. The number of halogens is 1. The van der Waals surface area contributed by atoms with Crippen molar-refractivity contribution in [3.05, 3.63) is 89.4 Å². The number of fused-ring (bicyclic) bond motifs is 1. The van der Waals surface area contributed by atoms with E-state index in [9.17, 15) is 4.21 Å². The molecule has 0 saturated carbocycles. The van der Waals surface area contributed by atoms with Crippen molar-refractivity contribution in [3.8, 4) is 22.3 Å². The van der Waals surface area contributed by atoms with Crippen molar-refractivity contribution in [3.63, 3.8) is 0 Å². The maximum absolute atomic E-state index is 12.6. The van der Waals surface area contributed by atoms with Crippen molar-refractivity contribution >= 4 is 37.5 Å². The molecule has 1 unspecified atom stereocenters. The lowest BCUT2D eigenvalue weighted by molar-refractivity contribution is 0.687. The Labute approximate surface area is 164 Å². The van der Waals surface area contributed by atoms with Crippen LogP contribution in [0.1, 0.15) is 0 Å². The normalized spacial score (nSPS) is 12.2. The van der Waals surface area contributed by atoms with E-state index in [1.165, 1.54) is 5.56 Å². The van der Waals surface area contributed by atoms with Gasteiger partial charge in [-0.3, -0.25) is 4.21 Å². The smallest absolute Gasteiger partial charge is 0.0542 e. The monoisotopic (exact) mass is 420 g/mol. The second kappa shape index (κ2) is 7.18. The zero-order valence-electron chi connectivity index (χ0n) is 14.3. The third-order valence-electron chi connectivity index (χ3n) is 4.51. The SMILES string of the molecule is CS(=O)c1c(-c2cccc(-c3ccccc3)c2)cc(Br)c2ccccc12. The Kier molecular flexibility index (Phi) is 4.75. The van der Waals surface area contributed by atoms with E-state index >= 15 is 0 Å². The minimum atomic E-state index is -1.10. The molecule has 0 aromatic heterocycles. The van der Waals surface area contributed by atoms with Gasteiger partial charge >= 0.3 is 0 Å². The summed E-state index contributed by atoms with van der Waals surface area (Å²) in [4.78, 5) is 0.883. The largest absolute Gasteiger partial charge is 0.255 e. The first-order valence-electron chi connectivity index (χ1n) is 8.35. The van der Waals surface area contributed by atoms with Gasteiger partial charge in [0.25, 0.3) is 0 Å². The first kappa shape index (κ1) is 17.2. The van der Waals surface area contributed by atoms with Gasteiger partial charge in [0, 0.05) is 10.7 Å². The predicted molar refractivity (Wildman–Crippen MR) is 115 cm³/mol. The average molecular weight is 421 g/mol. The fourth-order valence-corrected chi connectivity index (χ4v) is 4.87. The summed E-state index contributed by atoms with van der Waals surface area (Å²) in [5.74, 6) is 0. The van der Waals surface area contributed by atoms with Crippen molar-refractivity contribution in [2.45, 2.75) is 4.90 Å². The molecule has 0 aliphatic heterocycles. The summed E-state index contributed by atoms with van der Waals surface area (Å²) in [5.41, 5.74) is 4.41. The van der Waals surface area contributed by atoms with Gasteiger partial charge in [0.05, 0.1) is 15.7 Å². The third-order valence-corrected chi connectivity index (χ3v) is 6.18. The molecule has 0 spiro atoms. The van der Waals surface area contributed by atoms with E-state index in [1.807, 2.05) is 36.4 Å². The van der Waals surface area contributed by atoms with E-state index in [-0.39, 0.29) is 0 Å². The van der Waals surface area contributed by atoms with Gasteiger partial charge in [-0.05, 0) is 45.2 Å². The summed E-state index contributed by atoms with van der Waals surface area (Å²) in [7, 11) is -1.10. The summed E-state index contributed by atoms with van der Waals surface area (Å²) in [6.45, 7) is 0. The molecule has 128 valence electrons. The summed E-state index contributed by atoms with van der Waals surface area (Å²) >= 11 is 3.69. The van der Waals surface area contributed by atoms with Crippen LogP contribution in [0.4, 0.5) is 0 Å². The van der Waals surface area contributed by atoms with Gasteiger partial charge < -0.3 is 0 Å². The molecule has 0 aliphatic carbocycles. The van der Waals surface area contributed by atoms with Crippen LogP contribution in [-0.2, 0) is 10.8 Å². The van der Waals surface area contributed by atoms with Crippen molar-refractivity contribution in [2.24, 2.45) is 0 Å². The molecule has 0 saturated heterocycles. The maximum Gasteiger partial charge on any atom is 0.0542 e. The maximum atomic E-state index is 12.6. The van der Waals surface area contributed by atoms with Crippen molar-refractivity contribution in [2.75, 3.05) is 6.26 Å². The Hall–Kier alpha value is -2.23. The molecule has 1 atom stereocenters. The van der Waals surface area contributed by atoms with Crippen LogP contribution in [0.2, 0.25) is 0 Å². The molecule has 0 heterocycles. The second-order valence-corrected chi connectivity index (χ2v) is 8.35. The van der Waals surface area contributed by atoms with Crippen LogP contribution in [0.5, 0.6) is 0 Å². The summed E-state index contributed by atoms with van der Waals surface area (Å²) in [6.07, 6.45) is 1.75. The molecule has 0 amide bonds. The number of rotatable bonds is 3. The van der Waals surface area contributed by atoms with Gasteiger partial charge in [0.1, 0.15) is 0 Å². The fourth-order valence-electron chi connectivity index (χ4n) is 3.33. The highest BCUT2D eigenvalue weighted by Gasteiger charge is 2.15. The summed E-state index contributed by atoms with van der Waals surface area (Å²) < 4.78 is 13.6. The standard InChI is InChI=1S/C23H17BrOS/c1-26(25)23-20-13-6-5-12-19(20)22(24)15-21(23)18-11-7-10-17(14-18)16-8-3-2-4-9-16/h2-15H,1H3. The molecule has 1 nitrogen and oxygen atoms in total. The van der Waals surface area contributed by atoms with Crippen LogP contribution in [0.25, 0.3) is 33.0 Å². The van der Waals surface area contributed by atoms with Gasteiger partial charge in [-0.1, -0.05) is 88.7 Å². The van der Waals surface area contributed by atoms with Crippen molar-refractivity contribution < 1.29 is 4.21 Å². The summed E-state index contributed by atoms with van der Waals surface area (Å²) in [5, 5.41) is 2.11. The molecule has 0 bridgehead atoms. The van der Waals surface area contributed by atoms with E-state index < -0.39 is 10.8 Å². The highest BCUT2D eigenvalue weighted by atomic mass is 79.9. The molecule has 4 aromatic carbocycles. The second-order valence-electron chi connectivity index (χ2n) is 6.18. The lowest BCUT2D eigenvalue weighted by Crippen LogP contribution is -1.95. The molecule has 0 N–H and O–H groups in total. The minimum Gasteiger partial charge on any atom is -0.255 e. The van der Waals surface area contributed by atoms with Crippen LogP contribution >= 0.6 is 15.9 Å². The quantitative estimate of drug-likeness (QED) is 0.361. The van der Waals surface area contributed by atoms with E-state index in [2.05, 4.69) is 64.5 Å². The molecule has 4 aromatic rings. The average Bonchev–Trinajstić information content (AvgIpc) is 2.68. The molecule has 4 rings (SSSR count). The minimum absolute atomic E-state index is 0.883. The van der Waals surface area contributed by atoms with Crippen molar-refractivity contribution in [1.82, 2.24) is 0 Å². The first-order valence-corrected chi connectivity index (χ1v) is 10.7. The fraction of sp³-hybridized carbons (Fsp3) is 0.0435. The van der Waals surface area contributed by atoms with Crippen molar-refractivity contribution in [1.29, 1.82) is 0 Å². The molecule has 3 heteroatoms. The first-order chi connectivity index (χ1) is 12.6. The topological polar surface area (TPSA) is 17.1 Å². The summed E-state index contributed by atoms with van der Waals surface area (Å²) in [6, 6.07) is 28.9. The Bertz CT molecular complexity index is 1120. The predicted octanol–water partition coefficient (Wildman–Crippen LogP) is 6.67. The highest BCUT2D eigenvalue weighted by molar-refractivity contribution is 9.10. The molecular formula is C23H17BrOS. The van der Waals surface area contributed by atoms with Gasteiger partial charge in [-0.25, -0.2) is 0 Å². The van der Waals surface area contributed by atoms with Gasteiger partial charge in [-0.15, -0.1) is 0 Å². The molecular weight excluding hydrogens is 404 g/mol. The number of hydrogen-bond acceptors (Lipinski definition) is 1. The van der Waals surface area contributed by atoms with E-state index in [1.54, 1.807) is 6.26 Å². The van der Waals surface area contributed by atoms with Crippen LogP contribution in [0.15, 0.2) is 94.3 Å². The van der Waals surface area contributed by atoms with Gasteiger partial charge in [-0.2, -0.15) is 0 Å². The third kappa shape index (κ3) is 3.13. The molecule has 26 heavy (non-hydrogen) atoms. The van der Waals surface area contributed by atoms with E-state index in [4.69, 9.17) is 0 Å². The van der Waals surface area contributed by atoms with Crippen LogP contribution in [0.3, 0.4) is 0 Å². The Balaban J connectivity index is 1.98. The van der Waals surface area contributed by atoms with Crippen LogP contribution in [-0.4, -0.2) is 10.5 Å². The highest BCUT2D eigenvalue weighted by Crippen LogP contribution is 2.38. The van der Waals surface area contributed by atoms with Crippen LogP contribution in [0, 0.1) is 0 Å². The molecule has 0 fully saturated rings. The van der Waals surface area contributed by atoms with E-state index in [0.717, 1.165) is 36.8 Å². The van der Waals surface area contributed by atoms with Gasteiger partial charge in [0.15, 0.2) is 0 Å². The van der Waals surface area contributed by atoms with Gasteiger partial charge in [0.2, 0.25) is 0 Å². The molecule has 0 aliphatic rings. The zero-order chi connectivity index (χ0) is 18.1. The Morgan fingerprint density at radius 1 is 0.692 bits per heavy atom. The number of benzene rings is 4. The zero-order valence-corrected chi connectivity index (χ0v) is 16.7. The Morgan fingerprint density at radius 3 is 2.04 bits per heavy atom. The van der Waals surface area contributed by atoms with E-state index in [0.29, 0.717) is 0 Å². The lowest BCUT2D eigenvalue weighted by Gasteiger charge is -2.14. The van der Waals surface area contributed by atoms with Crippen LogP contribution < -0.4 is 0 Å². The molecule has 0 radical (unpaired) electrons. The lowest BCUT2D eigenvalue weighted by atomic mass is 9.97.